The number of rotatable bonds is 12. The van der Waals surface area contributed by atoms with Crippen molar-refractivity contribution in [1.29, 1.82) is 0 Å². The molecule has 0 fully saturated rings. The minimum atomic E-state index is 1.06. The van der Waals surface area contributed by atoms with E-state index >= 15 is 0 Å². The highest BCUT2D eigenvalue weighted by molar-refractivity contribution is 6.25. The van der Waals surface area contributed by atoms with Gasteiger partial charge in [-0.2, -0.15) is 0 Å². The van der Waals surface area contributed by atoms with Crippen LogP contribution in [0.3, 0.4) is 0 Å². The molecule has 142 heavy (non-hydrogen) atoms. The van der Waals surface area contributed by atoms with E-state index in [1.54, 1.807) is 0 Å². The molecule has 0 N–H and O–H groups in total. The van der Waals surface area contributed by atoms with Gasteiger partial charge in [-0.3, -0.25) is 4.98 Å². The molecule has 0 saturated heterocycles. The van der Waals surface area contributed by atoms with Crippen molar-refractivity contribution in [1.82, 2.24) is 23.3 Å². The third-order valence-electron chi connectivity index (χ3n) is 29.1. The quantitative estimate of drug-likeness (QED) is 0.0886. The average Bonchev–Trinajstić information content (AvgIpc) is 1.49. The molecule has 0 aliphatic carbocycles. The standard InChI is InChI=1S/2C56H36N2.C25H17N/c1-3-15-37(16-4-1)55-46-21-7-9-23-48(46)56(49-24-10-8-22-47(49)55)38-27-31-42(32-28-38)58-51-25-13-11-19-43(51)45-33-29-40(36-54(45)58)39-30-34-53-50(35-39)44-20-12-14-26-52(44)57(53)41-17-5-2-6-18-41;1-3-15-37(16-4-1)55-45-21-7-9-23-47(45)56(48-24-10-8-22-46(48)55)38-27-31-42(32-28-38)58-52-26-14-12-20-44(52)50-36-40(30-34-54(50)58)39-29-33-53-49(35-39)43-19-11-13-25-51(43)57(53)41-17-5-2-6-18-41;1-3-8-18(9-4-1)20-12-7-13-23-22(20)14-15-24-21(16-17-26-25(23)24)19-10-5-2-6-11-19/h2*1-36H;1-17H. The number of para-hydroxylation sites is 6. The topological polar surface area (TPSA) is 32.6 Å². The zero-order valence-electron chi connectivity index (χ0n) is 77.6. The lowest BCUT2D eigenvalue weighted by atomic mass is 9.86. The fourth-order valence-corrected chi connectivity index (χ4v) is 22.9. The van der Waals surface area contributed by atoms with Crippen LogP contribution < -0.4 is 0 Å². The van der Waals surface area contributed by atoms with Gasteiger partial charge < -0.3 is 18.3 Å². The highest BCUT2D eigenvalue weighted by atomic mass is 15.0. The first-order valence-corrected chi connectivity index (χ1v) is 48.9. The van der Waals surface area contributed by atoms with Gasteiger partial charge in [0.25, 0.3) is 0 Å². The Hall–Kier alpha value is -18.8. The molecule has 24 aromatic carbocycles. The van der Waals surface area contributed by atoms with Crippen LogP contribution in [0.5, 0.6) is 0 Å². The number of fused-ring (bicyclic) bond motifs is 19. The molecule has 0 amide bonds. The maximum absolute atomic E-state index is 4.73. The van der Waals surface area contributed by atoms with Crippen LogP contribution in [-0.2, 0) is 0 Å². The van der Waals surface area contributed by atoms with E-state index in [1.807, 2.05) is 6.20 Å². The predicted molar refractivity (Wildman–Crippen MR) is 603 cm³/mol. The Kier molecular flexibility index (Phi) is 20.2. The highest BCUT2D eigenvalue weighted by Crippen LogP contribution is 2.50. The molecule has 29 rings (SSSR count). The molecule has 5 heterocycles. The van der Waals surface area contributed by atoms with Crippen LogP contribution in [-0.4, -0.2) is 23.3 Å². The lowest BCUT2D eigenvalue weighted by Gasteiger charge is -2.18. The van der Waals surface area contributed by atoms with Crippen LogP contribution in [0, 0.1) is 0 Å². The molecule has 0 unspecified atom stereocenters. The van der Waals surface area contributed by atoms with Gasteiger partial charge in [0.05, 0.1) is 49.7 Å². The molecule has 0 radical (unpaired) electrons. The van der Waals surface area contributed by atoms with Gasteiger partial charge in [-0.15, -0.1) is 0 Å². The van der Waals surface area contributed by atoms with Crippen molar-refractivity contribution in [2.24, 2.45) is 0 Å². The van der Waals surface area contributed by atoms with Gasteiger partial charge in [0, 0.05) is 82.8 Å². The van der Waals surface area contributed by atoms with E-state index < -0.39 is 0 Å². The van der Waals surface area contributed by atoms with E-state index in [2.05, 4.69) is 552 Å². The molecule has 0 spiro atoms. The summed E-state index contributed by atoms with van der Waals surface area (Å²) in [6, 6.07) is 194. The number of aromatic nitrogens is 5. The molecule has 662 valence electrons. The molecule has 5 aromatic heterocycles. The van der Waals surface area contributed by atoms with Gasteiger partial charge in [-0.25, -0.2) is 0 Å². The number of hydrogen-bond acceptors (Lipinski definition) is 1. The van der Waals surface area contributed by atoms with Gasteiger partial charge in [0.2, 0.25) is 0 Å². The van der Waals surface area contributed by atoms with Gasteiger partial charge in [-0.1, -0.05) is 413 Å². The van der Waals surface area contributed by atoms with E-state index in [0.29, 0.717) is 0 Å². The largest absolute Gasteiger partial charge is 0.309 e. The second-order valence-corrected chi connectivity index (χ2v) is 37.0. The zero-order chi connectivity index (χ0) is 93.7. The summed E-state index contributed by atoms with van der Waals surface area (Å²) < 4.78 is 9.61. The normalized spacial score (nSPS) is 11.7. The van der Waals surface area contributed by atoms with E-state index in [4.69, 9.17) is 4.98 Å². The summed E-state index contributed by atoms with van der Waals surface area (Å²) >= 11 is 0. The van der Waals surface area contributed by atoms with E-state index in [-0.39, 0.29) is 0 Å². The van der Waals surface area contributed by atoms with Crippen LogP contribution in [0.1, 0.15) is 0 Å². The molecule has 0 aliphatic rings. The fraction of sp³-hybridized carbons (Fsp3) is 0. The first-order chi connectivity index (χ1) is 70.5. The van der Waals surface area contributed by atoms with E-state index in [9.17, 15) is 0 Å². The van der Waals surface area contributed by atoms with Crippen molar-refractivity contribution in [3.8, 4) is 112 Å². The lowest BCUT2D eigenvalue weighted by Crippen LogP contribution is -1.95. The third-order valence-corrected chi connectivity index (χ3v) is 29.1. The molecule has 0 aliphatic heterocycles. The van der Waals surface area contributed by atoms with Crippen molar-refractivity contribution in [3.05, 3.63) is 540 Å². The van der Waals surface area contributed by atoms with Crippen LogP contribution in [0.15, 0.2) is 540 Å². The van der Waals surface area contributed by atoms with E-state index in [1.165, 1.54) is 247 Å². The van der Waals surface area contributed by atoms with Crippen molar-refractivity contribution >= 4 is 152 Å². The van der Waals surface area contributed by atoms with Crippen LogP contribution in [0.25, 0.3) is 264 Å². The van der Waals surface area contributed by atoms with Gasteiger partial charge in [0.15, 0.2) is 0 Å². The van der Waals surface area contributed by atoms with Crippen molar-refractivity contribution in [2.45, 2.75) is 0 Å². The summed E-state index contributed by atoms with van der Waals surface area (Å²) in [6.45, 7) is 0. The van der Waals surface area contributed by atoms with Crippen LogP contribution in [0.4, 0.5) is 0 Å². The number of pyridine rings is 1. The Morgan fingerprint density at radius 1 is 0.120 bits per heavy atom. The zero-order valence-corrected chi connectivity index (χ0v) is 77.6. The SMILES string of the molecule is c1ccc(-c2c3ccccc3c(-c3ccc(-n4c5ccccc5c5cc(-c6ccc7c(c6)c6ccccc6n7-c6ccccc6)ccc54)cc3)c3ccccc23)cc1.c1ccc(-c2c3ccccc3c(-c3ccc(-n4c5ccccc5c5ccc(-c6ccc7c(c6)c6ccccc6n7-c6ccccc6)cc54)cc3)c3ccccc23)cc1.c1ccc(-c2cccc3c2ccc2c(-c4ccccc4)ccnc23)cc1. The van der Waals surface area contributed by atoms with Crippen molar-refractivity contribution < 1.29 is 0 Å². The maximum Gasteiger partial charge on any atom is 0.0786 e. The smallest absolute Gasteiger partial charge is 0.0786 e. The molecule has 5 heteroatoms. The molecule has 5 nitrogen and oxygen atoms in total. The van der Waals surface area contributed by atoms with Crippen LogP contribution >= 0.6 is 0 Å². The monoisotopic (exact) mass is 1800 g/mol. The van der Waals surface area contributed by atoms with Gasteiger partial charge in [0.1, 0.15) is 0 Å². The first kappa shape index (κ1) is 82.6. The minimum absolute atomic E-state index is 1.06. The molecular weight excluding hydrogens is 1720 g/mol. The molecule has 0 atom stereocenters. The minimum Gasteiger partial charge on any atom is -0.309 e. The van der Waals surface area contributed by atoms with Gasteiger partial charge >= 0.3 is 0 Å². The summed E-state index contributed by atoms with van der Waals surface area (Å²) in [5.41, 5.74) is 35.1. The Morgan fingerprint density at radius 3 is 0.711 bits per heavy atom. The fourth-order valence-electron chi connectivity index (χ4n) is 22.9. The Morgan fingerprint density at radius 2 is 0.352 bits per heavy atom. The van der Waals surface area contributed by atoms with Gasteiger partial charge in [-0.05, 0) is 259 Å². The Bertz CT molecular complexity index is 9780. The number of hydrogen-bond donors (Lipinski definition) is 0. The summed E-state index contributed by atoms with van der Waals surface area (Å²) in [6.07, 6.45) is 1.92. The summed E-state index contributed by atoms with van der Waals surface area (Å²) in [5.74, 6) is 0. The van der Waals surface area contributed by atoms with E-state index in [0.717, 1.165) is 16.9 Å². The third kappa shape index (κ3) is 14.0. The molecule has 0 saturated carbocycles. The average molecular weight is 1810 g/mol. The summed E-state index contributed by atoms with van der Waals surface area (Å²) in [5, 5.41) is 23.8. The summed E-state index contributed by atoms with van der Waals surface area (Å²) in [7, 11) is 0. The van der Waals surface area contributed by atoms with Crippen molar-refractivity contribution in [3.63, 3.8) is 0 Å². The molecule has 0 bridgehead atoms. The number of nitrogens with zero attached hydrogens (tertiary/aromatic N) is 5. The lowest BCUT2D eigenvalue weighted by molar-refractivity contribution is 1.18. The van der Waals surface area contributed by atoms with Crippen molar-refractivity contribution in [2.75, 3.05) is 0 Å². The highest BCUT2D eigenvalue weighted by Gasteiger charge is 2.25. The van der Waals surface area contributed by atoms with Crippen LogP contribution in [0.2, 0.25) is 0 Å². The summed E-state index contributed by atoms with van der Waals surface area (Å²) in [4.78, 5) is 4.73. The predicted octanol–water partition coefficient (Wildman–Crippen LogP) is 37.1. The first-order valence-electron chi connectivity index (χ1n) is 48.9. The molecule has 29 aromatic rings. The Balaban J connectivity index is 0.000000114. The second-order valence-electron chi connectivity index (χ2n) is 37.0. The number of benzene rings is 24. The maximum atomic E-state index is 4.73. The second kappa shape index (κ2) is 34.8. The molecular formula is C137H89N5. The Labute approximate surface area is 821 Å².